The number of oxazole rings is 1. The molecule has 0 aliphatic carbocycles. The van der Waals surface area contributed by atoms with E-state index in [2.05, 4.69) is 10.1 Å². The van der Waals surface area contributed by atoms with Crippen LogP contribution < -0.4 is 0 Å². The molecule has 0 fully saturated rings. The molecule has 0 aliphatic rings. The second kappa shape index (κ2) is 5.10. The van der Waals surface area contributed by atoms with Gasteiger partial charge >= 0.3 is 5.97 Å². The summed E-state index contributed by atoms with van der Waals surface area (Å²) in [6.07, 6.45) is 1.48. The van der Waals surface area contributed by atoms with Gasteiger partial charge in [-0.05, 0) is 30.3 Å². The molecule has 1 N–H and O–H groups in total. The second-order valence-electron chi connectivity index (χ2n) is 4.95. The first-order valence-corrected chi connectivity index (χ1v) is 6.86. The van der Waals surface area contributed by atoms with Crippen molar-refractivity contribution in [1.29, 1.82) is 0 Å². The number of fused-ring (bicyclic) bond motifs is 1. The maximum Gasteiger partial charge on any atom is 0.335 e. The van der Waals surface area contributed by atoms with Gasteiger partial charge < -0.3 is 14.0 Å². The summed E-state index contributed by atoms with van der Waals surface area (Å²) in [5.41, 5.74) is 2.44. The summed E-state index contributed by atoms with van der Waals surface area (Å²) in [5, 5.41) is 13.7. The first-order chi connectivity index (χ1) is 11.2. The van der Waals surface area contributed by atoms with Crippen LogP contribution in [-0.4, -0.2) is 21.2 Å². The third-order valence-corrected chi connectivity index (χ3v) is 3.48. The number of hydrogen-bond acceptors (Lipinski definition) is 5. The van der Waals surface area contributed by atoms with Crippen LogP contribution in [0.3, 0.4) is 0 Å². The molecule has 2 heterocycles. The molecule has 0 atom stereocenters. The smallest absolute Gasteiger partial charge is 0.335 e. The van der Waals surface area contributed by atoms with Gasteiger partial charge in [0, 0.05) is 5.56 Å². The predicted molar refractivity (Wildman–Crippen MR) is 81.9 cm³/mol. The third kappa shape index (κ3) is 2.26. The Bertz CT molecular complexity index is 1000. The molecule has 0 bridgehead atoms. The topological polar surface area (TPSA) is 89.4 Å². The maximum atomic E-state index is 11.1. The zero-order chi connectivity index (χ0) is 15.8. The van der Waals surface area contributed by atoms with Crippen molar-refractivity contribution in [2.45, 2.75) is 0 Å². The predicted octanol–water partition coefficient (Wildman–Crippen LogP) is 3.85. The van der Waals surface area contributed by atoms with Gasteiger partial charge in [0.15, 0.2) is 5.58 Å². The number of carboxylic acid groups (broad SMARTS) is 1. The fraction of sp³-hybridized carbons (Fsp3) is 0. The lowest BCUT2D eigenvalue weighted by Gasteiger charge is -1.94. The van der Waals surface area contributed by atoms with E-state index < -0.39 is 5.97 Å². The van der Waals surface area contributed by atoms with Crippen LogP contribution >= 0.6 is 0 Å². The van der Waals surface area contributed by atoms with E-state index in [1.165, 1.54) is 18.4 Å². The normalized spacial score (nSPS) is 11.0. The summed E-state index contributed by atoms with van der Waals surface area (Å²) in [6, 6.07) is 14.0. The lowest BCUT2D eigenvalue weighted by atomic mass is 10.1. The minimum absolute atomic E-state index is 0.161. The van der Waals surface area contributed by atoms with Crippen molar-refractivity contribution >= 4 is 16.9 Å². The third-order valence-electron chi connectivity index (χ3n) is 3.48. The van der Waals surface area contributed by atoms with Gasteiger partial charge in [-0.2, -0.15) is 0 Å². The largest absolute Gasteiger partial charge is 0.478 e. The number of aromatic nitrogens is 2. The minimum atomic E-state index is -1.01. The van der Waals surface area contributed by atoms with Crippen LogP contribution in [0.4, 0.5) is 0 Å². The summed E-state index contributed by atoms with van der Waals surface area (Å²) >= 11 is 0. The molecule has 0 unspecified atom stereocenters. The van der Waals surface area contributed by atoms with Crippen molar-refractivity contribution in [2.75, 3.05) is 0 Å². The highest BCUT2D eigenvalue weighted by molar-refractivity contribution is 5.97. The molecule has 0 amide bonds. The van der Waals surface area contributed by atoms with Crippen molar-refractivity contribution in [2.24, 2.45) is 0 Å². The Morgan fingerprint density at radius 3 is 2.70 bits per heavy atom. The standard InChI is InChI=1S/C17H10N2O4/c20-17(21)11-6-7-14-12(8-11)15(19-23-14)13-9-22-16(18-13)10-4-2-1-3-5-10/h1-9H,(H,20,21). The Hall–Kier alpha value is -3.41. The number of benzene rings is 2. The first-order valence-electron chi connectivity index (χ1n) is 6.86. The van der Waals surface area contributed by atoms with Gasteiger partial charge in [-0.1, -0.05) is 23.4 Å². The highest BCUT2D eigenvalue weighted by Gasteiger charge is 2.17. The molecule has 0 radical (unpaired) electrons. The SMILES string of the molecule is O=C(O)c1ccc2onc(-c3coc(-c4ccccc4)n3)c2c1. The molecule has 0 saturated heterocycles. The fourth-order valence-electron chi connectivity index (χ4n) is 2.35. The number of carboxylic acids is 1. The highest BCUT2D eigenvalue weighted by Crippen LogP contribution is 2.30. The molecule has 2 aromatic carbocycles. The lowest BCUT2D eigenvalue weighted by Crippen LogP contribution is -1.94. The molecule has 6 heteroatoms. The lowest BCUT2D eigenvalue weighted by molar-refractivity contribution is 0.0697. The summed E-state index contributed by atoms with van der Waals surface area (Å²) in [7, 11) is 0. The number of aromatic carboxylic acids is 1. The molecule has 6 nitrogen and oxygen atoms in total. The van der Waals surface area contributed by atoms with Crippen LogP contribution in [0.15, 0.2) is 63.7 Å². The zero-order valence-corrected chi connectivity index (χ0v) is 11.8. The van der Waals surface area contributed by atoms with Crippen LogP contribution in [0.5, 0.6) is 0 Å². The summed E-state index contributed by atoms with van der Waals surface area (Å²) in [4.78, 5) is 15.5. The highest BCUT2D eigenvalue weighted by atomic mass is 16.5. The van der Waals surface area contributed by atoms with Crippen molar-refractivity contribution in [3.8, 4) is 22.8 Å². The average molecular weight is 306 g/mol. The van der Waals surface area contributed by atoms with Crippen molar-refractivity contribution in [1.82, 2.24) is 10.1 Å². The van der Waals surface area contributed by atoms with Gasteiger partial charge in [-0.15, -0.1) is 0 Å². The van der Waals surface area contributed by atoms with Gasteiger partial charge in [0.1, 0.15) is 17.7 Å². The van der Waals surface area contributed by atoms with Crippen LogP contribution in [0.1, 0.15) is 10.4 Å². The van der Waals surface area contributed by atoms with Gasteiger partial charge in [-0.3, -0.25) is 0 Å². The zero-order valence-electron chi connectivity index (χ0n) is 11.8. The maximum absolute atomic E-state index is 11.1. The number of hydrogen-bond donors (Lipinski definition) is 1. The molecular formula is C17H10N2O4. The molecular weight excluding hydrogens is 296 g/mol. The van der Waals surface area contributed by atoms with Crippen molar-refractivity contribution < 1.29 is 18.8 Å². The second-order valence-corrected chi connectivity index (χ2v) is 4.95. The molecule has 0 spiro atoms. The van der Waals surface area contributed by atoms with E-state index in [0.29, 0.717) is 28.2 Å². The summed E-state index contributed by atoms with van der Waals surface area (Å²) < 4.78 is 10.7. The van der Waals surface area contributed by atoms with E-state index in [0.717, 1.165) is 5.56 Å². The molecule has 4 aromatic rings. The van der Waals surface area contributed by atoms with E-state index in [4.69, 9.17) is 14.0 Å². The molecule has 4 rings (SSSR count). The Labute approximate surface area is 130 Å². The number of carbonyl (C=O) groups is 1. The van der Waals surface area contributed by atoms with E-state index in [9.17, 15) is 4.79 Å². The summed E-state index contributed by atoms with van der Waals surface area (Å²) in [5.74, 6) is -0.546. The van der Waals surface area contributed by atoms with Crippen LogP contribution in [0.25, 0.3) is 33.8 Å². The Kier molecular flexibility index (Phi) is 2.94. The van der Waals surface area contributed by atoms with Gasteiger partial charge in [0.05, 0.1) is 10.9 Å². The molecule has 0 aliphatic heterocycles. The van der Waals surface area contributed by atoms with E-state index in [-0.39, 0.29) is 5.56 Å². The first kappa shape index (κ1) is 13.3. The molecule has 112 valence electrons. The Morgan fingerprint density at radius 1 is 1.09 bits per heavy atom. The quantitative estimate of drug-likeness (QED) is 0.618. The van der Waals surface area contributed by atoms with Crippen LogP contribution in [-0.2, 0) is 0 Å². The monoisotopic (exact) mass is 306 g/mol. The van der Waals surface area contributed by atoms with Gasteiger partial charge in [-0.25, -0.2) is 9.78 Å². The van der Waals surface area contributed by atoms with Crippen molar-refractivity contribution in [3.05, 3.63) is 60.4 Å². The average Bonchev–Trinajstić information content (AvgIpc) is 3.21. The minimum Gasteiger partial charge on any atom is -0.478 e. The molecule has 23 heavy (non-hydrogen) atoms. The van der Waals surface area contributed by atoms with Crippen molar-refractivity contribution in [3.63, 3.8) is 0 Å². The summed E-state index contributed by atoms with van der Waals surface area (Å²) in [6.45, 7) is 0. The van der Waals surface area contributed by atoms with E-state index in [1.54, 1.807) is 6.07 Å². The van der Waals surface area contributed by atoms with Crippen LogP contribution in [0.2, 0.25) is 0 Å². The van der Waals surface area contributed by atoms with E-state index in [1.807, 2.05) is 30.3 Å². The molecule has 2 aromatic heterocycles. The Balaban J connectivity index is 1.82. The fourth-order valence-corrected chi connectivity index (χ4v) is 2.35. The van der Waals surface area contributed by atoms with Gasteiger partial charge in [0.2, 0.25) is 5.89 Å². The molecule has 0 saturated carbocycles. The van der Waals surface area contributed by atoms with Crippen LogP contribution in [0, 0.1) is 0 Å². The van der Waals surface area contributed by atoms with Gasteiger partial charge in [0.25, 0.3) is 0 Å². The van der Waals surface area contributed by atoms with E-state index >= 15 is 0 Å². The Morgan fingerprint density at radius 2 is 1.91 bits per heavy atom. The number of nitrogens with zero attached hydrogens (tertiary/aromatic N) is 2. The number of rotatable bonds is 3.